The molecule has 0 saturated heterocycles. The van der Waals surface area contributed by atoms with Gasteiger partial charge in [0, 0.05) is 22.6 Å². The maximum Gasteiger partial charge on any atom is 0.267 e. The van der Waals surface area contributed by atoms with Crippen LogP contribution in [0.1, 0.15) is 5.56 Å². The Hall–Kier alpha value is -3.28. The van der Waals surface area contributed by atoms with E-state index in [0.717, 1.165) is 0 Å². The smallest absolute Gasteiger partial charge is 0.267 e. The van der Waals surface area contributed by atoms with Gasteiger partial charge in [0.2, 0.25) is 0 Å². The van der Waals surface area contributed by atoms with Crippen LogP contribution in [0, 0.1) is 22.7 Å². The third-order valence-electron chi connectivity index (χ3n) is 2.86. The monoisotopic (exact) mass is 322 g/mol. The number of rotatable bonds is 4. The molecule has 1 amide bonds. The predicted molar refractivity (Wildman–Crippen MR) is 88.6 cm³/mol. The number of benzene rings is 2. The molecule has 2 rings (SSSR count). The van der Waals surface area contributed by atoms with Crippen molar-refractivity contribution >= 4 is 28.9 Å². The molecular weight excluding hydrogens is 312 g/mol. The Labute approximate surface area is 138 Å². The molecule has 0 spiro atoms. The number of amides is 1. The summed E-state index contributed by atoms with van der Waals surface area (Å²) in [5.74, 6) is -0.532. The van der Waals surface area contributed by atoms with Crippen LogP contribution < -0.4 is 10.6 Å². The van der Waals surface area contributed by atoms with Gasteiger partial charge in [-0.3, -0.25) is 4.79 Å². The zero-order valence-electron chi connectivity index (χ0n) is 11.9. The lowest BCUT2D eigenvalue weighted by Crippen LogP contribution is -2.14. The minimum absolute atomic E-state index is 0.0793. The van der Waals surface area contributed by atoms with Gasteiger partial charge in [0.1, 0.15) is 11.6 Å². The van der Waals surface area contributed by atoms with Gasteiger partial charge in [-0.1, -0.05) is 11.6 Å². The molecule has 0 fully saturated rings. The van der Waals surface area contributed by atoms with Crippen LogP contribution in [0.5, 0.6) is 0 Å². The number of halogens is 1. The Morgan fingerprint density at radius 3 is 2.17 bits per heavy atom. The second-order valence-electron chi connectivity index (χ2n) is 4.46. The molecule has 2 N–H and O–H groups in total. The van der Waals surface area contributed by atoms with Crippen molar-refractivity contribution in [1.29, 1.82) is 10.5 Å². The maximum atomic E-state index is 12.0. The summed E-state index contributed by atoms with van der Waals surface area (Å²) in [6.07, 6.45) is 1.31. The molecule has 0 heterocycles. The third-order valence-corrected chi connectivity index (χ3v) is 3.12. The molecule has 0 unspecified atom stereocenters. The first kappa shape index (κ1) is 16.1. The van der Waals surface area contributed by atoms with Gasteiger partial charge in [0.05, 0.1) is 11.6 Å². The highest BCUT2D eigenvalue weighted by Gasteiger charge is 2.09. The van der Waals surface area contributed by atoms with E-state index in [0.29, 0.717) is 22.0 Å². The number of anilines is 2. The topological polar surface area (TPSA) is 88.7 Å². The van der Waals surface area contributed by atoms with E-state index in [1.165, 1.54) is 6.20 Å². The first-order valence-electron chi connectivity index (χ1n) is 6.56. The van der Waals surface area contributed by atoms with Gasteiger partial charge in [-0.15, -0.1) is 0 Å². The normalized spacial score (nSPS) is 10.3. The van der Waals surface area contributed by atoms with Crippen LogP contribution in [0.15, 0.2) is 60.3 Å². The van der Waals surface area contributed by atoms with E-state index in [-0.39, 0.29) is 5.57 Å². The Morgan fingerprint density at radius 2 is 1.61 bits per heavy atom. The van der Waals surface area contributed by atoms with Crippen LogP contribution >= 0.6 is 11.6 Å². The van der Waals surface area contributed by atoms with Gasteiger partial charge < -0.3 is 10.6 Å². The lowest BCUT2D eigenvalue weighted by atomic mass is 10.2. The number of nitriles is 2. The van der Waals surface area contributed by atoms with E-state index >= 15 is 0 Å². The summed E-state index contributed by atoms with van der Waals surface area (Å²) in [5, 5.41) is 23.8. The van der Waals surface area contributed by atoms with E-state index in [1.807, 2.05) is 12.1 Å². The minimum Gasteiger partial charge on any atom is -0.360 e. The number of hydrogen-bond acceptors (Lipinski definition) is 4. The van der Waals surface area contributed by atoms with Gasteiger partial charge in [-0.25, -0.2) is 0 Å². The molecule has 0 aliphatic heterocycles. The fourth-order valence-corrected chi connectivity index (χ4v) is 1.80. The number of carbonyl (C=O) groups excluding carboxylic acids is 1. The molecule has 5 nitrogen and oxygen atoms in total. The minimum atomic E-state index is -0.532. The average molecular weight is 323 g/mol. The summed E-state index contributed by atoms with van der Waals surface area (Å²) in [5.41, 5.74) is 1.65. The van der Waals surface area contributed by atoms with Crippen molar-refractivity contribution in [2.45, 2.75) is 0 Å². The molecule has 23 heavy (non-hydrogen) atoms. The Kier molecular flexibility index (Phi) is 5.35. The van der Waals surface area contributed by atoms with Gasteiger partial charge >= 0.3 is 0 Å². The zero-order chi connectivity index (χ0) is 16.7. The van der Waals surface area contributed by atoms with Crippen LogP contribution in [0.3, 0.4) is 0 Å². The number of nitrogens with zero attached hydrogens (tertiary/aromatic N) is 2. The van der Waals surface area contributed by atoms with E-state index in [1.54, 1.807) is 48.5 Å². The molecule has 0 aliphatic rings. The molecule has 0 aromatic heterocycles. The number of carbonyl (C=O) groups is 1. The highest BCUT2D eigenvalue weighted by atomic mass is 35.5. The highest BCUT2D eigenvalue weighted by molar-refractivity contribution is 6.30. The molecule has 0 aliphatic carbocycles. The molecular formula is C17H11ClN4O. The largest absolute Gasteiger partial charge is 0.360 e. The van der Waals surface area contributed by atoms with Gasteiger partial charge in [-0.05, 0) is 48.5 Å². The van der Waals surface area contributed by atoms with Gasteiger partial charge in [0.15, 0.2) is 0 Å². The third kappa shape index (κ3) is 4.60. The summed E-state index contributed by atoms with van der Waals surface area (Å²) in [6, 6.07) is 17.0. The van der Waals surface area contributed by atoms with Crippen LogP contribution in [0.25, 0.3) is 0 Å². The molecule has 6 heteroatoms. The van der Waals surface area contributed by atoms with Gasteiger partial charge in [0.25, 0.3) is 5.91 Å². The Bertz CT molecular complexity index is 812. The molecule has 0 radical (unpaired) electrons. The van der Waals surface area contributed by atoms with E-state index in [4.69, 9.17) is 22.1 Å². The first-order chi connectivity index (χ1) is 11.1. The van der Waals surface area contributed by atoms with Crippen molar-refractivity contribution in [2.75, 3.05) is 10.6 Å². The summed E-state index contributed by atoms with van der Waals surface area (Å²) in [4.78, 5) is 12.0. The lowest BCUT2D eigenvalue weighted by molar-refractivity contribution is -0.112. The Balaban J connectivity index is 2.05. The van der Waals surface area contributed by atoms with Crippen molar-refractivity contribution in [3.63, 3.8) is 0 Å². The summed E-state index contributed by atoms with van der Waals surface area (Å²) >= 11 is 5.77. The van der Waals surface area contributed by atoms with Crippen molar-refractivity contribution in [3.05, 3.63) is 70.9 Å². The molecule has 0 atom stereocenters. The Morgan fingerprint density at radius 1 is 1.00 bits per heavy atom. The van der Waals surface area contributed by atoms with Crippen LogP contribution in [-0.2, 0) is 4.79 Å². The van der Waals surface area contributed by atoms with Crippen molar-refractivity contribution < 1.29 is 4.79 Å². The summed E-state index contributed by atoms with van der Waals surface area (Å²) in [7, 11) is 0. The molecule has 0 saturated carbocycles. The van der Waals surface area contributed by atoms with Crippen molar-refractivity contribution in [2.24, 2.45) is 0 Å². The standard InChI is InChI=1S/C17H11ClN4O/c18-14-3-7-16(8-4-14)22-17(23)13(10-20)11-21-15-5-1-12(9-19)2-6-15/h1-8,11,21H,(H,22,23)/b13-11-. The molecule has 0 bridgehead atoms. The van der Waals surface area contributed by atoms with Crippen LogP contribution in [0.2, 0.25) is 5.02 Å². The quantitative estimate of drug-likeness (QED) is 0.664. The molecule has 2 aromatic carbocycles. The predicted octanol–water partition coefficient (Wildman–Crippen LogP) is 3.67. The van der Waals surface area contributed by atoms with Crippen molar-refractivity contribution in [1.82, 2.24) is 0 Å². The number of hydrogen-bond donors (Lipinski definition) is 2. The summed E-state index contributed by atoms with van der Waals surface area (Å²) < 4.78 is 0. The first-order valence-corrected chi connectivity index (χ1v) is 6.94. The maximum absolute atomic E-state index is 12.0. The molecule has 112 valence electrons. The van der Waals surface area contributed by atoms with Crippen LogP contribution in [-0.4, -0.2) is 5.91 Å². The SMILES string of the molecule is N#C/C(=C/Nc1ccc(C#N)cc1)C(=O)Nc1ccc(Cl)cc1. The second kappa shape index (κ2) is 7.65. The fraction of sp³-hybridized carbons (Fsp3) is 0. The van der Waals surface area contributed by atoms with E-state index < -0.39 is 5.91 Å². The fourth-order valence-electron chi connectivity index (χ4n) is 1.68. The van der Waals surface area contributed by atoms with E-state index in [9.17, 15) is 4.79 Å². The average Bonchev–Trinajstić information content (AvgIpc) is 2.58. The highest BCUT2D eigenvalue weighted by Crippen LogP contribution is 2.14. The van der Waals surface area contributed by atoms with E-state index in [2.05, 4.69) is 10.6 Å². The second-order valence-corrected chi connectivity index (χ2v) is 4.90. The van der Waals surface area contributed by atoms with Crippen LogP contribution in [0.4, 0.5) is 11.4 Å². The number of nitrogens with one attached hydrogen (secondary N) is 2. The van der Waals surface area contributed by atoms with Crippen molar-refractivity contribution in [3.8, 4) is 12.1 Å². The summed E-state index contributed by atoms with van der Waals surface area (Å²) in [6.45, 7) is 0. The van der Waals surface area contributed by atoms with Gasteiger partial charge in [-0.2, -0.15) is 10.5 Å². The zero-order valence-corrected chi connectivity index (χ0v) is 12.6. The lowest BCUT2D eigenvalue weighted by Gasteiger charge is -2.05. The molecule has 2 aromatic rings.